The third-order valence-electron chi connectivity index (χ3n) is 4.67. The molecule has 0 aliphatic carbocycles. The molecule has 0 aromatic heterocycles. The van der Waals surface area contributed by atoms with Crippen molar-refractivity contribution < 1.29 is 14.3 Å². The predicted molar refractivity (Wildman–Crippen MR) is 139 cm³/mol. The Balaban J connectivity index is 2.59. The van der Waals surface area contributed by atoms with Crippen LogP contribution in [-0.2, 0) is 11.3 Å². The average molecular weight is 561 g/mol. The molecule has 0 fully saturated rings. The SMILES string of the molecule is CCCc1cc(OCC=C(Br)Br)cc(C(C)C)c1OCCCCCCCON=C(C)C. The van der Waals surface area contributed by atoms with Gasteiger partial charge in [-0.2, -0.15) is 0 Å². The Morgan fingerprint density at radius 3 is 2.29 bits per heavy atom. The van der Waals surface area contributed by atoms with Crippen LogP contribution in [0.1, 0.15) is 90.2 Å². The second kappa shape index (κ2) is 16.6. The lowest BCUT2D eigenvalue weighted by Gasteiger charge is -2.20. The van der Waals surface area contributed by atoms with E-state index in [0.717, 1.165) is 52.9 Å². The first kappa shape index (κ1) is 28.0. The van der Waals surface area contributed by atoms with E-state index in [9.17, 15) is 0 Å². The van der Waals surface area contributed by atoms with Crippen molar-refractivity contribution in [3.05, 3.63) is 32.7 Å². The zero-order valence-electron chi connectivity index (χ0n) is 19.8. The Hall–Kier alpha value is -1.01. The summed E-state index contributed by atoms with van der Waals surface area (Å²) in [6.45, 7) is 12.5. The molecule has 31 heavy (non-hydrogen) atoms. The summed E-state index contributed by atoms with van der Waals surface area (Å²) in [7, 11) is 0. The summed E-state index contributed by atoms with van der Waals surface area (Å²) < 4.78 is 13.2. The number of halogens is 2. The van der Waals surface area contributed by atoms with Crippen molar-refractivity contribution in [1.29, 1.82) is 0 Å². The van der Waals surface area contributed by atoms with E-state index in [1.165, 1.54) is 30.4 Å². The van der Waals surface area contributed by atoms with Gasteiger partial charge < -0.3 is 14.3 Å². The zero-order valence-corrected chi connectivity index (χ0v) is 23.0. The molecule has 1 aromatic rings. The maximum atomic E-state index is 6.33. The highest BCUT2D eigenvalue weighted by molar-refractivity contribution is 9.28. The second-order valence-electron chi connectivity index (χ2n) is 8.20. The predicted octanol–water partition coefficient (Wildman–Crippen LogP) is 8.51. The maximum absolute atomic E-state index is 6.33. The van der Waals surface area contributed by atoms with Crippen molar-refractivity contribution in [3.63, 3.8) is 0 Å². The molecule has 0 atom stereocenters. The van der Waals surface area contributed by atoms with Gasteiger partial charge in [0, 0.05) is 5.56 Å². The highest BCUT2D eigenvalue weighted by Gasteiger charge is 2.15. The van der Waals surface area contributed by atoms with Crippen molar-refractivity contribution in [2.75, 3.05) is 19.8 Å². The third-order valence-corrected chi connectivity index (χ3v) is 5.32. The Morgan fingerprint density at radius 1 is 1.00 bits per heavy atom. The zero-order chi connectivity index (χ0) is 23.1. The van der Waals surface area contributed by atoms with E-state index >= 15 is 0 Å². The van der Waals surface area contributed by atoms with Gasteiger partial charge in [-0.1, -0.05) is 45.2 Å². The fraction of sp³-hybridized carbons (Fsp3) is 0.640. The number of nitrogens with zero attached hydrogens (tertiary/aromatic N) is 1. The molecule has 0 spiro atoms. The number of hydrogen-bond acceptors (Lipinski definition) is 4. The lowest BCUT2D eigenvalue weighted by molar-refractivity contribution is 0.139. The summed E-state index contributed by atoms with van der Waals surface area (Å²) in [5.74, 6) is 2.34. The fourth-order valence-corrected chi connectivity index (χ4v) is 3.44. The molecule has 0 radical (unpaired) electrons. The maximum Gasteiger partial charge on any atom is 0.126 e. The number of benzene rings is 1. The molecule has 176 valence electrons. The molecule has 1 rings (SSSR count). The molecule has 6 heteroatoms. The monoisotopic (exact) mass is 559 g/mol. The van der Waals surface area contributed by atoms with Gasteiger partial charge in [-0.15, -0.1) is 0 Å². The quantitative estimate of drug-likeness (QED) is 0.115. The van der Waals surface area contributed by atoms with E-state index in [4.69, 9.17) is 14.3 Å². The van der Waals surface area contributed by atoms with E-state index in [-0.39, 0.29) is 0 Å². The van der Waals surface area contributed by atoms with Crippen LogP contribution in [0.25, 0.3) is 0 Å². The van der Waals surface area contributed by atoms with Crippen LogP contribution < -0.4 is 9.47 Å². The third kappa shape index (κ3) is 12.6. The molecule has 0 heterocycles. The van der Waals surface area contributed by atoms with Gasteiger partial charge in [0.15, 0.2) is 0 Å². The molecule has 0 aliphatic rings. The normalized spacial score (nSPS) is 10.7. The number of hydrogen-bond donors (Lipinski definition) is 0. The van der Waals surface area contributed by atoms with E-state index in [1.54, 1.807) is 0 Å². The smallest absolute Gasteiger partial charge is 0.126 e. The molecule has 4 nitrogen and oxygen atoms in total. The lowest BCUT2D eigenvalue weighted by Crippen LogP contribution is -2.06. The standard InChI is InChI=1S/C25H39Br2NO3/c1-6-12-21-17-22(29-16-13-24(26)27)18-23(19(2)3)25(21)30-14-10-8-7-9-11-15-31-28-20(4)5/h13,17-19H,6-12,14-16H2,1-5H3. The summed E-state index contributed by atoms with van der Waals surface area (Å²) in [4.78, 5) is 5.24. The molecular weight excluding hydrogens is 522 g/mol. The van der Waals surface area contributed by atoms with Crippen molar-refractivity contribution in [1.82, 2.24) is 0 Å². The Morgan fingerprint density at radius 2 is 1.68 bits per heavy atom. The summed E-state index contributed by atoms with van der Waals surface area (Å²) in [6, 6.07) is 4.27. The molecule has 1 aromatic carbocycles. The van der Waals surface area contributed by atoms with Gasteiger partial charge in [-0.05, 0) is 101 Å². The molecule has 0 saturated heterocycles. The number of rotatable bonds is 16. The van der Waals surface area contributed by atoms with Gasteiger partial charge in [0.1, 0.15) is 24.7 Å². The minimum absolute atomic E-state index is 0.377. The van der Waals surface area contributed by atoms with Crippen molar-refractivity contribution in [2.24, 2.45) is 5.16 Å². The molecule has 0 bridgehead atoms. The van der Waals surface area contributed by atoms with Crippen molar-refractivity contribution >= 4 is 37.6 Å². The van der Waals surface area contributed by atoms with Crippen LogP contribution in [0, 0.1) is 0 Å². The van der Waals surface area contributed by atoms with E-state index in [2.05, 4.69) is 69.9 Å². The van der Waals surface area contributed by atoms with E-state index in [0.29, 0.717) is 19.1 Å². The number of oxime groups is 1. The highest BCUT2D eigenvalue weighted by atomic mass is 79.9. The van der Waals surface area contributed by atoms with Crippen LogP contribution >= 0.6 is 31.9 Å². The first-order valence-corrected chi connectivity index (χ1v) is 13.0. The van der Waals surface area contributed by atoms with Crippen LogP contribution in [0.4, 0.5) is 0 Å². The van der Waals surface area contributed by atoms with Gasteiger partial charge in [-0.25, -0.2) is 0 Å². The van der Waals surface area contributed by atoms with Crippen molar-refractivity contribution in [2.45, 2.75) is 85.5 Å². The van der Waals surface area contributed by atoms with Crippen LogP contribution in [-0.4, -0.2) is 25.5 Å². The van der Waals surface area contributed by atoms with Crippen molar-refractivity contribution in [3.8, 4) is 11.5 Å². The summed E-state index contributed by atoms with van der Waals surface area (Å²) in [6.07, 6.45) is 9.67. The van der Waals surface area contributed by atoms with Crippen LogP contribution in [0.15, 0.2) is 26.8 Å². The van der Waals surface area contributed by atoms with Gasteiger partial charge in [0.2, 0.25) is 0 Å². The number of unbranched alkanes of at least 4 members (excludes halogenated alkanes) is 4. The summed E-state index contributed by atoms with van der Waals surface area (Å²) in [5, 5.41) is 3.96. The van der Waals surface area contributed by atoms with Gasteiger partial charge in [0.05, 0.1) is 15.7 Å². The minimum atomic E-state index is 0.377. The fourth-order valence-electron chi connectivity index (χ4n) is 3.18. The van der Waals surface area contributed by atoms with Crippen LogP contribution in [0.3, 0.4) is 0 Å². The van der Waals surface area contributed by atoms with Crippen LogP contribution in [0.5, 0.6) is 11.5 Å². The second-order valence-corrected chi connectivity index (χ2v) is 11.0. The summed E-state index contributed by atoms with van der Waals surface area (Å²) >= 11 is 6.74. The molecular formula is C25H39Br2NO3. The van der Waals surface area contributed by atoms with E-state index < -0.39 is 0 Å². The molecule has 0 amide bonds. The Labute approximate surface area is 206 Å². The first-order chi connectivity index (χ1) is 14.8. The molecule has 0 aliphatic heterocycles. The molecule has 0 saturated carbocycles. The minimum Gasteiger partial charge on any atom is -0.493 e. The average Bonchev–Trinajstić information content (AvgIpc) is 2.69. The topological polar surface area (TPSA) is 40.0 Å². The number of ether oxygens (including phenoxy) is 2. The molecule has 0 unspecified atom stereocenters. The van der Waals surface area contributed by atoms with Crippen LogP contribution in [0.2, 0.25) is 0 Å². The highest BCUT2D eigenvalue weighted by Crippen LogP contribution is 2.35. The summed E-state index contributed by atoms with van der Waals surface area (Å²) in [5.41, 5.74) is 3.44. The largest absolute Gasteiger partial charge is 0.493 e. The first-order valence-electron chi connectivity index (χ1n) is 11.4. The lowest BCUT2D eigenvalue weighted by atomic mass is 9.96. The van der Waals surface area contributed by atoms with Gasteiger partial charge in [-0.3, -0.25) is 0 Å². The van der Waals surface area contributed by atoms with Gasteiger partial charge in [0.25, 0.3) is 0 Å². The number of aryl methyl sites for hydroxylation is 1. The Bertz CT molecular complexity index is 694. The Kier molecular flexibility index (Phi) is 15.0. The van der Waals surface area contributed by atoms with Gasteiger partial charge >= 0.3 is 0 Å². The van der Waals surface area contributed by atoms with E-state index in [1.807, 2.05) is 19.9 Å². The molecule has 0 N–H and O–H groups in total.